The molecule has 0 aromatic rings. The van der Waals surface area contributed by atoms with Crippen LogP contribution in [0.1, 0.15) is 19.8 Å². The SMILES string of the molecule is CCC1(CO)CCOC(=O)O1. The number of rotatable bonds is 2. The second-order valence-corrected chi connectivity index (χ2v) is 2.65. The van der Waals surface area contributed by atoms with E-state index >= 15 is 0 Å². The van der Waals surface area contributed by atoms with Gasteiger partial charge in [0.15, 0.2) is 0 Å². The van der Waals surface area contributed by atoms with E-state index in [1.165, 1.54) is 0 Å². The topological polar surface area (TPSA) is 55.8 Å². The van der Waals surface area contributed by atoms with E-state index in [0.29, 0.717) is 19.4 Å². The normalized spacial score (nSPS) is 30.9. The summed E-state index contributed by atoms with van der Waals surface area (Å²) in [6.07, 6.45) is 0.525. The maximum absolute atomic E-state index is 10.6. The largest absolute Gasteiger partial charge is 0.508 e. The second-order valence-electron chi connectivity index (χ2n) is 2.65. The molecule has 0 amide bonds. The molecule has 1 fully saturated rings. The van der Waals surface area contributed by atoms with Crippen LogP contribution in [0.2, 0.25) is 0 Å². The van der Waals surface area contributed by atoms with E-state index in [-0.39, 0.29) is 6.61 Å². The van der Waals surface area contributed by atoms with Gasteiger partial charge in [0.05, 0.1) is 13.2 Å². The Hall–Kier alpha value is -0.770. The third-order valence-electron chi connectivity index (χ3n) is 2.01. The van der Waals surface area contributed by atoms with Crippen LogP contribution in [0.25, 0.3) is 0 Å². The molecule has 0 spiro atoms. The maximum atomic E-state index is 10.6. The van der Waals surface area contributed by atoms with E-state index in [4.69, 9.17) is 9.84 Å². The Labute approximate surface area is 65.1 Å². The Kier molecular flexibility index (Phi) is 2.34. The minimum atomic E-state index is -0.685. The molecule has 1 unspecified atom stereocenters. The minimum Gasteiger partial charge on any atom is -0.434 e. The molecule has 0 aromatic carbocycles. The predicted octanol–water partition coefficient (Wildman–Crippen LogP) is 0.684. The summed E-state index contributed by atoms with van der Waals surface area (Å²) in [5, 5.41) is 8.93. The van der Waals surface area contributed by atoms with Crippen molar-refractivity contribution in [3.8, 4) is 0 Å². The summed E-state index contributed by atoms with van der Waals surface area (Å²) < 4.78 is 9.43. The van der Waals surface area contributed by atoms with Crippen molar-refractivity contribution >= 4 is 6.16 Å². The van der Waals surface area contributed by atoms with Crippen molar-refractivity contribution in [1.29, 1.82) is 0 Å². The van der Waals surface area contributed by atoms with Gasteiger partial charge in [-0.05, 0) is 6.42 Å². The molecule has 64 valence electrons. The predicted molar refractivity (Wildman–Crippen MR) is 37.2 cm³/mol. The Morgan fingerprint density at radius 2 is 2.45 bits per heavy atom. The van der Waals surface area contributed by atoms with Gasteiger partial charge in [-0.25, -0.2) is 4.79 Å². The van der Waals surface area contributed by atoms with E-state index in [1.54, 1.807) is 0 Å². The lowest BCUT2D eigenvalue weighted by Gasteiger charge is -2.33. The van der Waals surface area contributed by atoms with Gasteiger partial charge in [0.1, 0.15) is 5.60 Å². The first kappa shape index (κ1) is 8.33. The van der Waals surface area contributed by atoms with Crippen LogP contribution in [0.15, 0.2) is 0 Å². The van der Waals surface area contributed by atoms with Crippen LogP contribution in [-0.4, -0.2) is 30.1 Å². The molecular formula is C7H12O4. The Bertz CT molecular complexity index is 151. The highest BCUT2D eigenvalue weighted by Gasteiger charge is 2.36. The zero-order valence-corrected chi connectivity index (χ0v) is 6.50. The van der Waals surface area contributed by atoms with Gasteiger partial charge in [0.2, 0.25) is 0 Å². The fourth-order valence-electron chi connectivity index (χ4n) is 1.05. The Morgan fingerprint density at radius 3 is 2.82 bits per heavy atom. The van der Waals surface area contributed by atoms with Crippen LogP contribution in [0.4, 0.5) is 4.79 Å². The molecule has 0 saturated carbocycles. The molecule has 1 aliphatic heterocycles. The summed E-state index contributed by atoms with van der Waals surface area (Å²) in [5.41, 5.74) is -0.685. The number of carbonyl (C=O) groups excluding carboxylic acids is 1. The number of ether oxygens (including phenoxy) is 2. The number of hydrogen-bond acceptors (Lipinski definition) is 4. The molecule has 4 nitrogen and oxygen atoms in total. The second kappa shape index (κ2) is 3.09. The van der Waals surface area contributed by atoms with Crippen LogP contribution < -0.4 is 0 Å². The summed E-state index contributed by atoms with van der Waals surface area (Å²) in [7, 11) is 0. The molecule has 1 aliphatic rings. The first-order chi connectivity index (χ1) is 5.22. The zero-order valence-electron chi connectivity index (χ0n) is 6.50. The summed E-state index contributed by atoms with van der Waals surface area (Å²) in [6, 6.07) is 0. The van der Waals surface area contributed by atoms with E-state index in [9.17, 15) is 4.79 Å². The Balaban J connectivity index is 2.59. The van der Waals surface area contributed by atoms with E-state index in [0.717, 1.165) is 0 Å². The van der Waals surface area contributed by atoms with Crippen LogP contribution in [0, 0.1) is 0 Å². The number of aliphatic hydroxyl groups is 1. The molecule has 1 atom stereocenters. The molecule has 0 bridgehead atoms. The van der Waals surface area contributed by atoms with Gasteiger partial charge in [-0.2, -0.15) is 0 Å². The fourth-order valence-corrected chi connectivity index (χ4v) is 1.05. The molecule has 1 heterocycles. The van der Waals surface area contributed by atoms with Crippen molar-refractivity contribution < 1.29 is 19.4 Å². The summed E-state index contributed by atoms with van der Waals surface area (Å²) in [6.45, 7) is 2.08. The van der Waals surface area contributed by atoms with Gasteiger partial charge in [-0.1, -0.05) is 6.92 Å². The molecule has 1 rings (SSSR count). The van der Waals surface area contributed by atoms with Crippen LogP contribution in [0.3, 0.4) is 0 Å². The van der Waals surface area contributed by atoms with Gasteiger partial charge >= 0.3 is 6.16 Å². The molecule has 4 heteroatoms. The summed E-state index contributed by atoms with van der Waals surface area (Å²) in [4.78, 5) is 10.6. The van der Waals surface area contributed by atoms with Crippen LogP contribution in [0.5, 0.6) is 0 Å². The zero-order chi connectivity index (χ0) is 8.32. The van der Waals surface area contributed by atoms with E-state index < -0.39 is 11.8 Å². The highest BCUT2D eigenvalue weighted by atomic mass is 16.7. The average Bonchev–Trinajstić information content (AvgIpc) is 2.04. The van der Waals surface area contributed by atoms with Crippen LogP contribution >= 0.6 is 0 Å². The minimum absolute atomic E-state index is 0.126. The molecular weight excluding hydrogens is 148 g/mol. The van der Waals surface area contributed by atoms with Crippen LogP contribution in [-0.2, 0) is 9.47 Å². The van der Waals surface area contributed by atoms with Crippen molar-refractivity contribution in [3.05, 3.63) is 0 Å². The number of cyclic esters (lactones) is 2. The van der Waals surface area contributed by atoms with Crippen molar-refractivity contribution in [1.82, 2.24) is 0 Å². The first-order valence-electron chi connectivity index (χ1n) is 3.69. The lowest BCUT2D eigenvalue weighted by atomic mass is 9.97. The molecule has 1 N–H and O–H groups in total. The van der Waals surface area contributed by atoms with Gasteiger partial charge in [-0.15, -0.1) is 0 Å². The first-order valence-corrected chi connectivity index (χ1v) is 3.69. The van der Waals surface area contributed by atoms with E-state index in [1.807, 2.05) is 6.92 Å². The van der Waals surface area contributed by atoms with Crippen molar-refractivity contribution in [2.45, 2.75) is 25.4 Å². The average molecular weight is 160 g/mol. The van der Waals surface area contributed by atoms with Crippen molar-refractivity contribution in [2.75, 3.05) is 13.2 Å². The van der Waals surface area contributed by atoms with Gasteiger partial charge in [-0.3, -0.25) is 0 Å². The number of carbonyl (C=O) groups is 1. The summed E-state index contributed by atoms with van der Waals surface area (Å²) >= 11 is 0. The molecule has 11 heavy (non-hydrogen) atoms. The number of aliphatic hydroxyl groups excluding tert-OH is 1. The fraction of sp³-hybridized carbons (Fsp3) is 0.857. The van der Waals surface area contributed by atoms with Gasteiger partial charge in [0.25, 0.3) is 0 Å². The quantitative estimate of drug-likeness (QED) is 0.603. The monoisotopic (exact) mass is 160 g/mol. The molecule has 0 radical (unpaired) electrons. The van der Waals surface area contributed by atoms with E-state index in [2.05, 4.69) is 4.74 Å². The highest BCUT2D eigenvalue weighted by molar-refractivity contribution is 5.61. The lowest BCUT2D eigenvalue weighted by molar-refractivity contribution is -0.109. The third kappa shape index (κ3) is 1.63. The highest BCUT2D eigenvalue weighted by Crippen LogP contribution is 2.24. The Morgan fingerprint density at radius 1 is 1.73 bits per heavy atom. The standard InChI is InChI=1S/C7H12O4/c1-2-7(5-8)3-4-10-6(9)11-7/h8H,2-5H2,1H3. The molecule has 0 aromatic heterocycles. The lowest BCUT2D eigenvalue weighted by Crippen LogP contribution is -2.43. The maximum Gasteiger partial charge on any atom is 0.508 e. The molecule has 0 aliphatic carbocycles. The number of hydrogen-bond donors (Lipinski definition) is 1. The smallest absolute Gasteiger partial charge is 0.434 e. The van der Waals surface area contributed by atoms with Gasteiger partial charge in [0, 0.05) is 6.42 Å². The van der Waals surface area contributed by atoms with Gasteiger partial charge < -0.3 is 14.6 Å². The van der Waals surface area contributed by atoms with Crippen molar-refractivity contribution in [2.24, 2.45) is 0 Å². The van der Waals surface area contributed by atoms with Crippen molar-refractivity contribution in [3.63, 3.8) is 0 Å². The molecule has 1 saturated heterocycles. The third-order valence-corrected chi connectivity index (χ3v) is 2.01. The summed E-state index contributed by atoms with van der Waals surface area (Å²) in [5.74, 6) is 0.